The molecule has 4 amide bonds. The smallest absolute Gasteiger partial charge is 0.338 e. The molecule has 0 bridgehead atoms. The van der Waals surface area contributed by atoms with Crippen molar-refractivity contribution >= 4 is 46.9 Å². The van der Waals surface area contributed by atoms with Crippen molar-refractivity contribution in [2.75, 3.05) is 11.5 Å². The maximum atomic E-state index is 12.7. The van der Waals surface area contributed by atoms with E-state index in [-0.39, 0.29) is 34.8 Å². The highest BCUT2D eigenvalue weighted by Crippen LogP contribution is 2.37. The Bertz CT molecular complexity index is 1150. The Balaban J connectivity index is 1.28. The van der Waals surface area contributed by atoms with Gasteiger partial charge in [0.05, 0.1) is 23.1 Å². The van der Waals surface area contributed by atoms with E-state index in [1.807, 2.05) is 12.2 Å². The third-order valence-electron chi connectivity index (χ3n) is 5.62. The van der Waals surface area contributed by atoms with E-state index in [0.717, 1.165) is 4.90 Å². The van der Waals surface area contributed by atoms with E-state index < -0.39 is 24.4 Å². The number of halogens is 1. The third kappa shape index (κ3) is 4.84. The molecule has 9 nitrogen and oxygen atoms in total. The zero-order valence-corrected chi connectivity index (χ0v) is 18.6. The van der Waals surface area contributed by atoms with Crippen LogP contribution in [0.15, 0.2) is 60.7 Å². The van der Waals surface area contributed by atoms with E-state index in [9.17, 15) is 24.0 Å². The molecule has 4 rings (SSSR count). The molecule has 2 N–H and O–H groups in total. The van der Waals surface area contributed by atoms with Gasteiger partial charge in [-0.25, -0.2) is 4.79 Å². The number of carbonyl (C=O) groups is 5. The Morgan fingerprint density at radius 1 is 0.853 bits per heavy atom. The van der Waals surface area contributed by atoms with Gasteiger partial charge in [-0.05, 0) is 61.4 Å². The molecular weight excluding hydrogens is 462 g/mol. The van der Waals surface area contributed by atoms with Gasteiger partial charge in [-0.3, -0.25) is 34.9 Å². The molecule has 34 heavy (non-hydrogen) atoms. The summed E-state index contributed by atoms with van der Waals surface area (Å²) in [5.41, 5.74) is 5.15. The van der Waals surface area contributed by atoms with Gasteiger partial charge in [0, 0.05) is 10.6 Å². The van der Waals surface area contributed by atoms with Crippen LogP contribution in [-0.4, -0.2) is 36.2 Å². The van der Waals surface area contributed by atoms with Crippen LogP contribution in [0, 0.1) is 11.8 Å². The number of amides is 4. The summed E-state index contributed by atoms with van der Waals surface area (Å²) in [6.45, 7) is -0.624. The molecule has 10 heteroatoms. The van der Waals surface area contributed by atoms with Gasteiger partial charge in [0.2, 0.25) is 11.8 Å². The maximum Gasteiger partial charge on any atom is 0.338 e. The summed E-state index contributed by atoms with van der Waals surface area (Å²) in [6, 6.07) is 11.9. The van der Waals surface area contributed by atoms with Gasteiger partial charge in [-0.2, -0.15) is 0 Å². The lowest BCUT2D eigenvalue weighted by molar-refractivity contribution is -0.125. The Kier molecular flexibility index (Phi) is 6.74. The van der Waals surface area contributed by atoms with Crippen LogP contribution in [0.3, 0.4) is 0 Å². The van der Waals surface area contributed by atoms with Crippen LogP contribution in [0.5, 0.6) is 0 Å². The number of rotatable bonds is 5. The first-order valence-electron chi connectivity index (χ1n) is 10.5. The Morgan fingerprint density at radius 3 is 2.00 bits per heavy atom. The maximum absolute atomic E-state index is 12.7. The monoisotopic (exact) mass is 481 g/mol. The second-order valence-corrected chi connectivity index (χ2v) is 8.24. The van der Waals surface area contributed by atoms with Crippen LogP contribution in [0.1, 0.15) is 33.6 Å². The Morgan fingerprint density at radius 2 is 1.41 bits per heavy atom. The van der Waals surface area contributed by atoms with Gasteiger partial charge in [-0.1, -0.05) is 23.8 Å². The van der Waals surface area contributed by atoms with E-state index in [4.69, 9.17) is 16.3 Å². The lowest BCUT2D eigenvalue weighted by Crippen LogP contribution is -2.43. The van der Waals surface area contributed by atoms with Crippen LogP contribution in [0.2, 0.25) is 5.02 Å². The summed E-state index contributed by atoms with van der Waals surface area (Å²) in [6.07, 6.45) is 4.90. The number of esters is 1. The van der Waals surface area contributed by atoms with E-state index in [1.54, 1.807) is 0 Å². The van der Waals surface area contributed by atoms with Crippen molar-refractivity contribution in [3.63, 3.8) is 0 Å². The van der Waals surface area contributed by atoms with Crippen LogP contribution in [0.25, 0.3) is 0 Å². The predicted molar refractivity (Wildman–Crippen MR) is 122 cm³/mol. The molecule has 1 aliphatic carbocycles. The number of fused-ring (bicyclic) bond motifs is 1. The number of hydrogen-bond acceptors (Lipinski definition) is 6. The molecule has 1 fully saturated rings. The molecule has 174 valence electrons. The SMILES string of the molecule is O=C(COC(=O)c1ccc(N2C(=O)[C@@H]3CC=CC[C@H]3C2=O)cc1)NNC(=O)c1ccc(Cl)cc1. The highest BCUT2D eigenvalue weighted by Gasteiger charge is 2.47. The first-order chi connectivity index (χ1) is 16.3. The predicted octanol–water partition coefficient (Wildman–Crippen LogP) is 2.41. The summed E-state index contributed by atoms with van der Waals surface area (Å²) in [5, 5.41) is 0.467. The summed E-state index contributed by atoms with van der Waals surface area (Å²) in [5.74, 6) is -3.26. The van der Waals surface area contributed by atoms with Gasteiger partial charge < -0.3 is 4.74 Å². The number of anilines is 1. The largest absolute Gasteiger partial charge is 0.452 e. The number of nitrogens with zero attached hydrogens (tertiary/aromatic N) is 1. The fourth-order valence-corrected chi connectivity index (χ4v) is 3.98. The zero-order valence-electron chi connectivity index (χ0n) is 17.8. The number of hydrazine groups is 1. The van der Waals surface area contributed by atoms with Crippen molar-refractivity contribution in [1.29, 1.82) is 0 Å². The average molecular weight is 482 g/mol. The van der Waals surface area contributed by atoms with Gasteiger partial charge in [-0.15, -0.1) is 0 Å². The summed E-state index contributed by atoms with van der Waals surface area (Å²) < 4.78 is 4.95. The highest BCUT2D eigenvalue weighted by atomic mass is 35.5. The number of allylic oxidation sites excluding steroid dienone is 2. The van der Waals surface area contributed by atoms with Crippen molar-refractivity contribution in [3.05, 3.63) is 76.8 Å². The molecule has 0 aromatic heterocycles. The molecule has 0 spiro atoms. The van der Waals surface area contributed by atoms with Crippen LogP contribution < -0.4 is 15.8 Å². The van der Waals surface area contributed by atoms with Crippen molar-refractivity contribution in [2.45, 2.75) is 12.8 Å². The second-order valence-electron chi connectivity index (χ2n) is 7.80. The average Bonchev–Trinajstić information content (AvgIpc) is 3.11. The minimum atomic E-state index is -0.775. The molecule has 0 unspecified atom stereocenters. The van der Waals surface area contributed by atoms with E-state index >= 15 is 0 Å². The van der Waals surface area contributed by atoms with E-state index in [2.05, 4.69) is 10.9 Å². The normalized spacial score (nSPS) is 18.9. The minimum Gasteiger partial charge on any atom is -0.452 e. The van der Waals surface area contributed by atoms with Crippen molar-refractivity contribution in [2.24, 2.45) is 11.8 Å². The Hall–Kier alpha value is -3.98. The van der Waals surface area contributed by atoms with Crippen molar-refractivity contribution in [3.8, 4) is 0 Å². The van der Waals surface area contributed by atoms with Crippen molar-refractivity contribution in [1.82, 2.24) is 10.9 Å². The van der Waals surface area contributed by atoms with Crippen LogP contribution in [0.4, 0.5) is 5.69 Å². The Labute approximate surface area is 199 Å². The second kappa shape index (κ2) is 9.88. The van der Waals surface area contributed by atoms with Crippen LogP contribution >= 0.6 is 11.6 Å². The van der Waals surface area contributed by atoms with Crippen LogP contribution in [-0.2, 0) is 19.1 Å². The van der Waals surface area contributed by atoms with Gasteiger partial charge in [0.25, 0.3) is 11.8 Å². The van der Waals surface area contributed by atoms with E-state index in [1.165, 1.54) is 48.5 Å². The van der Waals surface area contributed by atoms with Gasteiger partial charge >= 0.3 is 5.97 Å². The number of benzene rings is 2. The van der Waals surface area contributed by atoms with Crippen molar-refractivity contribution < 1.29 is 28.7 Å². The first kappa shape index (κ1) is 23.2. The van der Waals surface area contributed by atoms with Gasteiger partial charge in [0.1, 0.15) is 0 Å². The molecule has 2 aromatic carbocycles. The molecule has 2 aromatic rings. The number of hydrogen-bond donors (Lipinski definition) is 2. The summed E-state index contributed by atoms with van der Waals surface area (Å²) >= 11 is 5.76. The number of ether oxygens (including phenoxy) is 1. The number of imide groups is 1. The fourth-order valence-electron chi connectivity index (χ4n) is 3.85. The lowest BCUT2D eigenvalue weighted by Gasteiger charge is -2.15. The molecule has 1 heterocycles. The molecule has 2 aliphatic rings. The summed E-state index contributed by atoms with van der Waals surface area (Å²) in [7, 11) is 0. The molecular formula is C24H20ClN3O6. The number of carbonyl (C=O) groups excluding carboxylic acids is 5. The third-order valence-corrected chi connectivity index (χ3v) is 5.88. The first-order valence-corrected chi connectivity index (χ1v) is 10.9. The molecule has 0 saturated carbocycles. The molecule has 1 saturated heterocycles. The number of nitrogens with one attached hydrogen (secondary N) is 2. The lowest BCUT2D eigenvalue weighted by atomic mass is 9.85. The minimum absolute atomic E-state index is 0.139. The highest BCUT2D eigenvalue weighted by molar-refractivity contribution is 6.30. The molecule has 0 radical (unpaired) electrons. The topological polar surface area (TPSA) is 122 Å². The standard InChI is InChI=1S/C24H20ClN3O6/c25-16-9-5-14(6-10-16)21(30)27-26-20(29)13-34-24(33)15-7-11-17(12-8-15)28-22(31)18-3-1-2-4-19(18)23(28)32/h1-2,5-12,18-19H,3-4,13H2,(H,26,29)(H,27,30)/t18-,19-/m1/s1. The molecule has 2 atom stereocenters. The van der Waals surface area contributed by atoms with E-state index in [0.29, 0.717) is 23.6 Å². The van der Waals surface area contributed by atoms with Gasteiger partial charge in [0.15, 0.2) is 6.61 Å². The molecule has 1 aliphatic heterocycles. The summed E-state index contributed by atoms with van der Waals surface area (Å²) in [4.78, 5) is 62.6. The fraction of sp³-hybridized carbons (Fsp3) is 0.208. The quantitative estimate of drug-likeness (QED) is 0.293. The zero-order chi connectivity index (χ0) is 24.2.